The van der Waals surface area contributed by atoms with Crippen molar-refractivity contribution in [1.82, 2.24) is 0 Å². The van der Waals surface area contributed by atoms with Gasteiger partial charge in [-0.2, -0.15) is 0 Å². The second-order valence-electron chi connectivity index (χ2n) is 10.8. The first-order valence-corrected chi connectivity index (χ1v) is 16.5. The van der Waals surface area contributed by atoms with Crippen molar-refractivity contribution in [3.05, 3.63) is 121 Å². The molecule has 42 heavy (non-hydrogen) atoms. The summed E-state index contributed by atoms with van der Waals surface area (Å²) in [5.74, 6) is 0. The van der Waals surface area contributed by atoms with Gasteiger partial charge in [-0.05, 0) is 47.5 Å². The summed E-state index contributed by atoms with van der Waals surface area (Å²) >= 11 is 5.48. The maximum atomic E-state index is 6.61. The fourth-order valence-corrected chi connectivity index (χ4v) is 9.96. The molecule has 4 aromatic heterocycles. The van der Waals surface area contributed by atoms with Gasteiger partial charge in [-0.1, -0.05) is 96.3 Å². The lowest BCUT2D eigenvalue weighted by Gasteiger charge is -2.05. The molecule has 6 aromatic carbocycles. The molecule has 0 bridgehead atoms. The summed E-state index contributed by atoms with van der Waals surface area (Å²) in [4.78, 5) is 1.00. The number of hydrogen-bond acceptors (Lipinski definition) is 4. The molecule has 0 fully saturated rings. The van der Waals surface area contributed by atoms with E-state index in [4.69, 9.17) is 4.42 Å². The minimum absolute atomic E-state index is 0.978. The SMILES string of the molecule is c1ccc2c(c1)sc1ccc(-c3ccc4sc5c(-c6cccc7c6oc6sc8ccccc8c67)cccc5c4c3)cc12. The molecule has 0 unspecified atom stereocenters. The Bertz CT molecular complexity index is 2700. The third-order valence-corrected chi connectivity index (χ3v) is 12.0. The van der Waals surface area contributed by atoms with Crippen LogP contribution in [0, 0.1) is 0 Å². The van der Waals surface area contributed by atoms with Crippen LogP contribution in [0.4, 0.5) is 0 Å². The van der Waals surface area contributed by atoms with Gasteiger partial charge in [0, 0.05) is 72.3 Å². The van der Waals surface area contributed by atoms with Gasteiger partial charge in [-0.15, -0.1) is 22.7 Å². The Morgan fingerprint density at radius 1 is 0.405 bits per heavy atom. The van der Waals surface area contributed by atoms with E-state index in [1.807, 2.05) is 22.7 Å². The first-order chi connectivity index (χ1) is 20.8. The highest BCUT2D eigenvalue weighted by Gasteiger charge is 2.19. The van der Waals surface area contributed by atoms with Gasteiger partial charge >= 0.3 is 0 Å². The van der Waals surface area contributed by atoms with Crippen molar-refractivity contribution in [3.63, 3.8) is 0 Å². The molecule has 0 atom stereocenters. The molecule has 10 aromatic rings. The molecule has 0 spiro atoms. The van der Waals surface area contributed by atoms with E-state index >= 15 is 0 Å². The van der Waals surface area contributed by atoms with Gasteiger partial charge in [-0.25, -0.2) is 0 Å². The van der Waals surface area contributed by atoms with Crippen molar-refractivity contribution < 1.29 is 4.42 Å². The average molecular weight is 589 g/mol. The Kier molecular flexibility index (Phi) is 4.69. The number of rotatable bonds is 2. The van der Waals surface area contributed by atoms with Gasteiger partial charge in [0.25, 0.3) is 0 Å². The summed E-state index contributed by atoms with van der Waals surface area (Å²) < 4.78 is 13.2. The molecule has 0 aliphatic rings. The molecular formula is C38H20OS3. The van der Waals surface area contributed by atoms with E-state index in [2.05, 4.69) is 121 Å². The highest BCUT2D eigenvalue weighted by atomic mass is 32.1. The van der Waals surface area contributed by atoms with E-state index in [9.17, 15) is 0 Å². The summed E-state index contributed by atoms with van der Waals surface area (Å²) in [6.07, 6.45) is 0. The highest BCUT2D eigenvalue weighted by molar-refractivity contribution is 7.26. The molecule has 0 N–H and O–H groups in total. The number of furan rings is 1. The highest BCUT2D eigenvalue weighted by Crippen LogP contribution is 2.47. The third-order valence-electron chi connectivity index (χ3n) is 8.54. The monoisotopic (exact) mass is 588 g/mol. The van der Waals surface area contributed by atoms with Crippen LogP contribution in [0.1, 0.15) is 0 Å². The predicted molar refractivity (Wildman–Crippen MR) is 186 cm³/mol. The lowest BCUT2D eigenvalue weighted by Crippen LogP contribution is -1.80. The van der Waals surface area contributed by atoms with Crippen molar-refractivity contribution >= 4 is 106 Å². The summed E-state index contributed by atoms with van der Waals surface area (Å²) in [6.45, 7) is 0. The van der Waals surface area contributed by atoms with Crippen molar-refractivity contribution in [2.45, 2.75) is 0 Å². The van der Waals surface area contributed by atoms with Crippen LogP contribution in [0.25, 0.3) is 93.9 Å². The molecular weight excluding hydrogens is 569 g/mol. The number of para-hydroxylation sites is 1. The molecule has 1 nitrogen and oxygen atoms in total. The molecule has 0 aliphatic heterocycles. The minimum Gasteiger partial charge on any atom is -0.445 e. The van der Waals surface area contributed by atoms with E-state index in [1.165, 1.54) is 77.9 Å². The van der Waals surface area contributed by atoms with Gasteiger partial charge in [-0.3, -0.25) is 0 Å². The van der Waals surface area contributed by atoms with E-state index in [1.54, 1.807) is 11.3 Å². The fourth-order valence-electron chi connectivity index (χ4n) is 6.59. The molecule has 4 heterocycles. The first-order valence-electron chi connectivity index (χ1n) is 14.0. The van der Waals surface area contributed by atoms with E-state index < -0.39 is 0 Å². The number of hydrogen-bond donors (Lipinski definition) is 0. The molecule has 10 rings (SSSR count). The second kappa shape index (κ2) is 8.52. The predicted octanol–water partition coefficient (Wildman–Crippen LogP) is 12.9. The Balaban J connectivity index is 1.17. The largest absolute Gasteiger partial charge is 0.445 e. The number of benzene rings is 6. The molecule has 0 amide bonds. The standard InChI is InChI=1S/C38H20OS3/c1-3-13-31-23(7-1)29-19-21(15-17-33(29)40-31)22-16-18-34-30(20-22)26-11-6-10-25(37(26)41-34)24-9-5-12-28-35-27-8-2-4-14-32(27)42-38(35)39-36(24)28/h1-20H. The lowest BCUT2D eigenvalue weighted by molar-refractivity contribution is 0.679. The maximum absolute atomic E-state index is 6.61. The van der Waals surface area contributed by atoms with Crippen molar-refractivity contribution in [3.8, 4) is 22.3 Å². The van der Waals surface area contributed by atoms with Crippen LogP contribution in [0.5, 0.6) is 0 Å². The van der Waals surface area contributed by atoms with Gasteiger partial charge in [0.15, 0.2) is 4.90 Å². The zero-order valence-corrected chi connectivity index (χ0v) is 24.6. The zero-order chi connectivity index (χ0) is 27.4. The first kappa shape index (κ1) is 23.1. The summed E-state index contributed by atoms with van der Waals surface area (Å²) in [7, 11) is 0. The van der Waals surface area contributed by atoms with Crippen LogP contribution in [-0.2, 0) is 0 Å². The van der Waals surface area contributed by atoms with Gasteiger partial charge in [0.05, 0.1) is 0 Å². The van der Waals surface area contributed by atoms with Crippen LogP contribution in [0.2, 0.25) is 0 Å². The van der Waals surface area contributed by atoms with Crippen molar-refractivity contribution in [1.29, 1.82) is 0 Å². The number of fused-ring (bicyclic) bond motifs is 11. The van der Waals surface area contributed by atoms with Gasteiger partial charge < -0.3 is 4.42 Å². The Morgan fingerprint density at radius 3 is 1.81 bits per heavy atom. The van der Waals surface area contributed by atoms with Gasteiger partial charge in [0.2, 0.25) is 0 Å². The maximum Gasteiger partial charge on any atom is 0.190 e. The molecule has 0 aliphatic carbocycles. The summed E-state index contributed by atoms with van der Waals surface area (Å²) in [6, 6.07) is 44.5. The van der Waals surface area contributed by atoms with E-state index in [0.29, 0.717) is 0 Å². The zero-order valence-electron chi connectivity index (χ0n) is 22.2. The van der Waals surface area contributed by atoms with Crippen molar-refractivity contribution in [2.75, 3.05) is 0 Å². The number of thiophene rings is 3. The lowest BCUT2D eigenvalue weighted by atomic mass is 9.98. The average Bonchev–Trinajstić information content (AvgIpc) is 3.78. The van der Waals surface area contributed by atoms with Crippen molar-refractivity contribution in [2.24, 2.45) is 0 Å². The van der Waals surface area contributed by atoms with Crippen LogP contribution >= 0.6 is 34.0 Å². The third kappa shape index (κ3) is 3.17. The normalized spacial score (nSPS) is 12.3. The Labute approximate surface area is 252 Å². The molecule has 196 valence electrons. The van der Waals surface area contributed by atoms with Crippen LogP contribution in [0.3, 0.4) is 0 Å². The fraction of sp³-hybridized carbons (Fsp3) is 0. The topological polar surface area (TPSA) is 13.1 Å². The Hall–Kier alpha value is -4.48. The minimum atomic E-state index is 0.978. The van der Waals surface area contributed by atoms with Crippen LogP contribution < -0.4 is 0 Å². The smallest absolute Gasteiger partial charge is 0.190 e. The van der Waals surface area contributed by atoms with Crippen LogP contribution in [0.15, 0.2) is 126 Å². The van der Waals surface area contributed by atoms with E-state index in [-0.39, 0.29) is 0 Å². The quantitative estimate of drug-likeness (QED) is 0.196. The van der Waals surface area contributed by atoms with E-state index in [0.717, 1.165) is 16.0 Å². The Morgan fingerprint density at radius 2 is 1.00 bits per heavy atom. The molecule has 0 radical (unpaired) electrons. The molecule has 0 saturated carbocycles. The molecule has 0 saturated heterocycles. The summed E-state index contributed by atoms with van der Waals surface area (Å²) in [5, 5.41) is 8.98. The molecule has 4 heteroatoms. The summed E-state index contributed by atoms with van der Waals surface area (Å²) in [5.41, 5.74) is 5.89. The second-order valence-corrected chi connectivity index (χ2v) is 14.0. The van der Waals surface area contributed by atoms with Crippen LogP contribution in [-0.4, -0.2) is 0 Å². The van der Waals surface area contributed by atoms with Gasteiger partial charge in [0.1, 0.15) is 5.58 Å².